The van der Waals surface area contributed by atoms with Crippen molar-refractivity contribution in [3.8, 4) is 0 Å². The van der Waals surface area contributed by atoms with Crippen molar-refractivity contribution in [3.63, 3.8) is 0 Å². The first-order valence-electron chi connectivity index (χ1n) is 10.1. The fraction of sp³-hybridized carbons (Fsp3) is 0.950. The Balaban J connectivity index is 0. The SMILES string of the molecule is CCCCCCCCCCCCCCCCC(O)C(=O)O.CCO. The molecule has 0 radical (unpaired) electrons. The largest absolute Gasteiger partial charge is 0.479 e. The molecule has 0 aromatic rings. The second-order valence-electron chi connectivity index (χ2n) is 6.56. The van der Waals surface area contributed by atoms with E-state index in [0.717, 1.165) is 12.8 Å². The van der Waals surface area contributed by atoms with Crippen LogP contribution in [0.1, 0.15) is 110 Å². The van der Waals surface area contributed by atoms with Gasteiger partial charge in [-0.1, -0.05) is 96.8 Å². The van der Waals surface area contributed by atoms with Gasteiger partial charge in [-0.3, -0.25) is 0 Å². The second kappa shape index (κ2) is 22.4. The fourth-order valence-electron chi connectivity index (χ4n) is 2.66. The Bertz CT molecular complexity index is 244. The summed E-state index contributed by atoms with van der Waals surface area (Å²) in [4.78, 5) is 10.4. The first-order chi connectivity index (χ1) is 11.6. The maximum atomic E-state index is 10.4. The molecule has 0 aromatic carbocycles. The number of hydrogen-bond acceptors (Lipinski definition) is 3. The van der Waals surface area contributed by atoms with Gasteiger partial charge in [-0.05, 0) is 13.3 Å². The summed E-state index contributed by atoms with van der Waals surface area (Å²) in [6.07, 6.45) is 17.3. The molecule has 0 amide bonds. The summed E-state index contributed by atoms with van der Waals surface area (Å²) in [5.41, 5.74) is 0. The monoisotopic (exact) mass is 346 g/mol. The molecule has 146 valence electrons. The smallest absolute Gasteiger partial charge is 0.332 e. The van der Waals surface area contributed by atoms with Crippen LogP contribution in [0.15, 0.2) is 0 Å². The van der Waals surface area contributed by atoms with E-state index in [1.807, 2.05) is 0 Å². The average molecular weight is 347 g/mol. The minimum Gasteiger partial charge on any atom is -0.479 e. The lowest BCUT2D eigenvalue weighted by Crippen LogP contribution is -2.18. The maximum Gasteiger partial charge on any atom is 0.332 e. The minimum atomic E-state index is -1.16. The Kier molecular flexibility index (Phi) is 23.9. The number of carbonyl (C=O) groups is 1. The molecule has 0 aliphatic carbocycles. The number of carboxylic acid groups (broad SMARTS) is 1. The van der Waals surface area contributed by atoms with Crippen LogP contribution in [0.3, 0.4) is 0 Å². The highest BCUT2D eigenvalue weighted by atomic mass is 16.4. The van der Waals surface area contributed by atoms with E-state index < -0.39 is 12.1 Å². The quantitative estimate of drug-likeness (QED) is 0.331. The van der Waals surface area contributed by atoms with Crippen LogP contribution < -0.4 is 0 Å². The fourth-order valence-corrected chi connectivity index (χ4v) is 2.66. The van der Waals surface area contributed by atoms with E-state index in [-0.39, 0.29) is 6.61 Å². The van der Waals surface area contributed by atoms with Crippen LogP contribution in [-0.4, -0.2) is 34.0 Å². The van der Waals surface area contributed by atoms with E-state index in [2.05, 4.69) is 6.92 Å². The van der Waals surface area contributed by atoms with Crippen molar-refractivity contribution in [2.75, 3.05) is 6.61 Å². The van der Waals surface area contributed by atoms with Crippen molar-refractivity contribution >= 4 is 5.97 Å². The molecule has 0 spiro atoms. The molecular formula is C20H42O4. The predicted molar refractivity (Wildman–Crippen MR) is 101 cm³/mol. The van der Waals surface area contributed by atoms with Crippen LogP contribution in [-0.2, 0) is 4.79 Å². The lowest BCUT2D eigenvalue weighted by molar-refractivity contribution is -0.146. The van der Waals surface area contributed by atoms with E-state index in [1.165, 1.54) is 77.0 Å². The lowest BCUT2D eigenvalue weighted by Gasteiger charge is -2.05. The summed E-state index contributed by atoms with van der Waals surface area (Å²) in [6, 6.07) is 0. The van der Waals surface area contributed by atoms with Crippen molar-refractivity contribution in [1.82, 2.24) is 0 Å². The summed E-state index contributed by atoms with van der Waals surface area (Å²) in [7, 11) is 0. The first-order valence-corrected chi connectivity index (χ1v) is 10.1. The highest BCUT2D eigenvalue weighted by Gasteiger charge is 2.11. The van der Waals surface area contributed by atoms with Crippen LogP contribution in [0.2, 0.25) is 0 Å². The van der Waals surface area contributed by atoms with Gasteiger partial charge in [0.1, 0.15) is 0 Å². The molecule has 0 saturated heterocycles. The Morgan fingerprint density at radius 2 is 1.00 bits per heavy atom. The predicted octanol–water partition coefficient (Wildman–Crippen LogP) is 5.30. The van der Waals surface area contributed by atoms with E-state index in [4.69, 9.17) is 15.3 Å². The number of aliphatic carboxylic acids is 1. The number of hydrogen-bond donors (Lipinski definition) is 3. The Morgan fingerprint density at radius 3 is 1.29 bits per heavy atom. The topological polar surface area (TPSA) is 77.8 Å². The van der Waals surface area contributed by atoms with E-state index in [1.54, 1.807) is 6.92 Å². The Morgan fingerprint density at radius 1 is 0.708 bits per heavy atom. The van der Waals surface area contributed by atoms with Crippen LogP contribution in [0.4, 0.5) is 0 Å². The molecule has 0 saturated carbocycles. The van der Waals surface area contributed by atoms with Crippen molar-refractivity contribution in [2.45, 2.75) is 116 Å². The molecule has 4 heteroatoms. The summed E-state index contributed by atoms with van der Waals surface area (Å²) < 4.78 is 0. The van der Waals surface area contributed by atoms with Crippen molar-refractivity contribution in [1.29, 1.82) is 0 Å². The number of aliphatic hydroxyl groups is 2. The molecule has 0 aromatic heterocycles. The zero-order valence-electron chi connectivity index (χ0n) is 16.1. The minimum absolute atomic E-state index is 0.250. The standard InChI is InChI=1S/C18H36O3.C2H6O/c1-2-3-4-5-6-7-8-9-10-11-12-13-14-15-16-17(19)18(20)21;1-2-3/h17,19H,2-16H2,1H3,(H,20,21);3H,2H2,1H3. The summed E-state index contributed by atoms with van der Waals surface area (Å²) >= 11 is 0. The number of aliphatic hydroxyl groups excluding tert-OH is 2. The molecular weight excluding hydrogens is 304 g/mol. The molecule has 0 aliphatic heterocycles. The number of carboxylic acids is 1. The Labute approximate surface area is 149 Å². The van der Waals surface area contributed by atoms with Gasteiger partial charge in [0.05, 0.1) is 0 Å². The van der Waals surface area contributed by atoms with Crippen LogP contribution in [0.25, 0.3) is 0 Å². The molecule has 1 unspecified atom stereocenters. The van der Waals surface area contributed by atoms with Crippen LogP contribution in [0.5, 0.6) is 0 Å². The highest BCUT2D eigenvalue weighted by Crippen LogP contribution is 2.13. The van der Waals surface area contributed by atoms with Crippen LogP contribution >= 0.6 is 0 Å². The van der Waals surface area contributed by atoms with Gasteiger partial charge in [-0.2, -0.15) is 0 Å². The molecule has 1 atom stereocenters. The number of rotatable bonds is 16. The molecule has 0 rings (SSSR count). The molecule has 0 heterocycles. The summed E-state index contributed by atoms with van der Waals surface area (Å²) in [5.74, 6) is -1.09. The molecule has 4 nitrogen and oxygen atoms in total. The van der Waals surface area contributed by atoms with Gasteiger partial charge in [0.15, 0.2) is 6.10 Å². The second-order valence-corrected chi connectivity index (χ2v) is 6.56. The third-order valence-electron chi connectivity index (χ3n) is 4.12. The van der Waals surface area contributed by atoms with Gasteiger partial charge in [0.25, 0.3) is 0 Å². The van der Waals surface area contributed by atoms with Gasteiger partial charge >= 0.3 is 5.97 Å². The summed E-state index contributed by atoms with van der Waals surface area (Å²) in [5, 5.41) is 25.2. The van der Waals surface area contributed by atoms with Gasteiger partial charge < -0.3 is 15.3 Å². The maximum absolute atomic E-state index is 10.4. The van der Waals surface area contributed by atoms with E-state index in [0.29, 0.717) is 6.42 Å². The van der Waals surface area contributed by atoms with Gasteiger partial charge in [-0.25, -0.2) is 4.79 Å². The van der Waals surface area contributed by atoms with Crippen LogP contribution in [0, 0.1) is 0 Å². The Hall–Kier alpha value is -0.610. The van der Waals surface area contributed by atoms with Gasteiger partial charge in [0.2, 0.25) is 0 Å². The lowest BCUT2D eigenvalue weighted by atomic mass is 10.0. The normalized spacial score (nSPS) is 11.7. The molecule has 0 fully saturated rings. The molecule has 3 N–H and O–H groups in total. The van der Waals surface area contributed by atoms with Crippen molar-refractivity contribution in [3.05, 3.63) is 0 Å². The zero-order valence-corrected chi connectivity index (χ0v) is 16.1. The van der Waals surface area contributed by atoms with Gasteiger partial charge in [-0.15, -0.1) is 0 Å². The third-order valence-corrected chi connectivity index (χ3v) is 4.12. The van der Waals surface area contributed by atoms with Crippen molar-refractivity contribution in [2.24, 2.45) is 0 Å². The van der Waals surface area contributed by atoms with E-state index in [9.17, 15) is 4.79 Å². The summed E-state index contributed by atoms with van der Waals surface area (Å²) in [6.45, 7) is 4.19. The van der Waals surface area contributed by atoms with Crippen molar-refractivity contribution < 1.29 is 20.1 Å². The molecule has 24 heavy (non-hydrogen) atoms. The van der Waals surface area contributed by atoms with E-state index >= 15 is 0 Å². The zero-order chi connectivity index (χ0) is 18.5. The highest BCUT2D eigenvalue weighted by molar-refractivity contribution is 5.71. The first kappa shape index (κ1) is 25.6. The van der Waals surface area contributed by atoms with Gasteiger partial charge in [0, 0.05) is 6.61 Å². The molecule has 0 bridgehead atoms. The number of unbranched alkanes of at least 4 members (excludes halogenated alkanes) is 13. The molecule has 0 aliphatic rings. The average Bonchev–Trinajstić information content (AvgIpc) is 2.55. The third kappa shape index (κ3) is 23.7.